The van der Waals surface area contributed by atoms with E-state index in [0.29, 0.717) is 13.0 Å². The zero-order valence-corrected chi connectivity index (χ0v) is 30.4. The summed E-state index contributed by atoms with van der Waals surface area (Å²) in [5.41, 5.74) is -1.88. The first-order valence-corrected chi connectivity index (χ1v) is 18.3. The van der Waals surface area contributed by atoms with Gasteiger partial charge in [0.15, 0.2) is 5.82 Å². The number of carbonyl (C=O) groups is 3. The number of fused-ring (bicyclic) bond motifs is 4. The second-order valence-corrected chi connectivity index (χ2v) is 16.4. The lowest BCUT2D eigenvalue weighted by atomic mass is 9.95. The number of nitrogens with zero attached hydrogens (tertiary/aromatic N) is 5. The molecule has 4 fully saturated rings. The van der Waals surface area contributed by atoms with Crippen LogP contribution in [0.25, 0.3) is 32.1 Å². The molecule has 0 unspecified atom stereocenters. The number of rotatable bonds is 6. The lowest BCUT2D eigenvalue weighted by Crippen LogP contribution is -2.43. The topological polar surface area (TPSA) is 150 Å². The molecule has 0 saturated carbocycles. The number of aromatic nitrogens is 2. The summed E-state index contributed by atoms with van der Waals surface area (Å²) in [6, 6.07) is 5.67. The molecule has 3 amide bonds. The fourth-order valence-corrected chi connectivity index (χ4v) is 9.51. The summed E-state index contributed by atoms with van der Waals surface area (Å²) in [7, 11) is 0. The first kappa shape index (κ1) is 35.3. The normalized spacial score (nSPS) is 24.1. The summed E-state index contributed by atoms with van der Waals surface area (Å²) in [5, 5.41) is 15.2. The van der Waals surface area contributed by atoms with Gasteiger partial charge in [-0.15, -0.1) is 11.3 Å². The third-order valence-corrected chi connectivity index (χ3v) is 11.8. The number of carbonyl (C=O) groups excluding carboxylic acids is 3. The molecule has 4 aliphatic rings. The van der Waals surface area contributed by atoms with Crippen molar-refractivity contribution in [2.75, 3.05) is 43.0 Å². The molecule has 12 nitrogen and oxygen atoms in total. The van der Waals surface area contributed by atoms with Crippen LogP contribution in [0.2, 0.25) is 5.02 Å². The molecular formula is C36H33ClF3N7O5S. The molecule has 2 aromatic carbocycles. The zero-order chi connectivity index (χ0) is 37.6. The maximum atomic E-state index is 17.2. The fraction of sp³-hybridized carbons (Fsp3) is 0.444. The van der Waals surface area contributed by atoms with Gasteiger partial charge in [-0.1, -0.05) is 17.7 Å². The summed E-state index contributed by atoms with van der Waals surface area (Å²) >= 11 is 7.65. The largest absolute Gasteiger partial charge is 0.461 e. The van der Waals surface area contributed by atoms with Gasteiger partial charge in [0.25, 0.3) is 0 Å². The third-order valence-electron chi connectivity index (χ3n) is 10.4. The van der Waals surface area contributed by atoms with E-state index in [-0.39, 0.29) is 85.6 Å². The van der Waals surface area contributed by atoms with Gasteiger partial charge in [0.05, 0.1) is 32.7 Å². The fourth-order valence-electron chi connectivity index (χ4n) is 8.15. The second-order valence-electron chi connectivity index (χ2n) is 15.0. The predicted octanol–water partition coefficient (Wildman–Crippen LogP) is 6.33. The number of thiophene rings is 1. The van der Waals surface area contributed by atoms with Crippen molar-refractivity contribution in [3.8, 4) is 23.2 Å². The lowest BCUT2D eigenvalue weighted by molar-refractivity contribution is -0.126. The van der Waals surface area contributed by atoms with Gasteiger partial charge in [-0.3, -0.25) is 25.1 Å². The van der Waals surface area contributed by atoms with E-state index in [1.807, 2.05) is 6.07 Å². The molecule has 4 aliphatic heterocycles. The first-order valence-electron chi connectivity index (χ1n) is 17.1. The number of halogens is 4. The molecular weight excluding hydrogens is 735 g/mol. The van der Waals surface area contributed by atoms with Crippen molar-refractivity contribution in [3.05, 3.63) is 40.4 Å². The molecule has 4 saturated heterocycles. The number of benzene rings is 2. The summed E-state index contributed by atoms with van der Waals surface area (Å²) in [5.74, 6) is -3.54. The highest BCUT2D eigenvalue weighted by molar-refractivity contribution is 7.23. The molecule has 0 aliphatic carbocycles. The van der Waals surface area contributed by atoms with E-state index in [1.54, 1.807) is 25.7 Å². The molecule has 276 valence electrons. The number of hydrogen-bond acceptors (Lipinski definition) is 11. The van der Waals surface area contributed by atoms with Crippen LogP contribution in [-0.4, -0.2) is 82.9 Å². The molecule has 6 heterocycles. The number of nitriles is 1. The number of nitrogens with one attached hydrogen (secondary N) is 2. The third kappa shape index (κ3) is 5.98. The molecule has 17 heteroatoms. The van der Waals surface area contributed by atoms with Gasteiger partial charge in [0, 0.05) is 42.4 Å². The Morgan fingerprint density at radius 2 is 1.92 bits per heavy atom. The minimum Gasteiger partial charge on any atom is -0.461 e. The number of ether oxygens (including phenoxy) is 2. The van der Waals surface area contributed by atoms with E-state index in [1.165, 1.54) is 12.1 Å². The molecule has 53 heavy (non-hydrogen) atoms. The molecule has 0 radical (unpaired) electrons. The Morgan fingerprint density at radius 3 is 2.62 bits per heavy atom. The van der Waals surface area contributed by atoms with Crippen LogP contribution in [0.4, 0.5) is 28.8 Å². The summed E-state index contributed by atoms with van der Waals surface area (Å²) in [6.07, 6.45) is -0.00942. The van der Waals surface area contributed by atoms with E-state index < -0.39 is 58.7 Å². The van der Waals surface area contributed by atoms with E-state index in [4.69, 9.17) is 21.1 Å². The smallest absolute Gasteiger partial charge is 0.412 e. The lowest BCUT2D eigenvalue weighted by Gasteiger charge is -2.31. The molecule has 8 rings (SSSR count). The predicted molar refractivity (Wildman–Crippen MR) is 191 cm³/mol. The second kappa shape index (κ2) is 12.7. The van der Waals surface area contributed by atoms with E-state index >= 15 is 8.78 Å². The van der Waals surface area contributed by atoms with Gasteiger partial charge in [-0.05, 0) is 57.9 Å². The average Bonchev–Trinajstić information content (AvgIpc) is 3.88. The Bertz CT molecular complexity index is 2270. The Balaban J connectivity index is 1.26. The van der Waals surface area contributed by atoms with Crippen molar-refractivity contribution in [1.82, 2.24) is 20.2 Å². The average molecular weight is 768 g/mol. The minimum absolute atomic E-state index is 0.00152. The van der Waals surface area contributed by atoms with Crippen LogP contribution in [0.3, 0.4) is 0 Å². The monoisotopic (exact) mass is 767 g/mol. The van der Waals surface area contributed by atoms with Crippen LogP contribution in [-0.2, 0) is 14.3 Å². The van der Waals surface area contributed by atoms with E-state index in [9.17, 15) is 24.0 Å². The summed E-state index contributed by atoms with van der Waals surface area (Å²) < 4.78 is 58.6. The minimum atomic E-state index is -1.01. The van der Waals surface area contributed by atoms with Crippen LogP contribution in [0.5, 0.6) is 6.01 Å². The van der Waals surface area contributed by atoms with E-state index in [2.05, 4.69) is 25.5 Å². The molecule has 2 N–H and O–H groups in total. The van der Waals surface area contributed by atoms with Crippen molar-refractivity contribution in [2.24, 2.45) is 11.8 Å². The number of anilines is 2. The number of hydrogen-bond donors (Lipinski definition) is 2. The van der Waals surface area contributed by atoms with Crippen LogP contribution in [0, 0.1) is 34.8 Å². The molecule has 0 bridgehead atoms. The van der Waals surface area contributed by atoms with Crippen LogP contribution in [0.15, 0.2) is 18.2 Å². The SMILES string of the molecule is CC(C)(C)OC(=O)Nc1sc2c(F)ccc(-c3c(Cl)cc4c(N5C[C@@H]6C(=O)NC(=O)[C@@H]6C5)nc(OC[C@@]56CCCN5C[C@H](F)C6)nc4c3F)c2c1C#N. The Labute approximate surface area is 310 Å². The van der Waals surface area contributed by atoms with Gasteiger partial charge < -0.3 is 14.4 Å². The van der Waals surface area contributed by atoms with Crippen molar-refractivity contribution in [2.45, 2.75) is 57.3 Å². The highest BCUT2D eigenvalue weighted by Gasteiger charge is 2.50. The summed E-state index contributed by atoms with van der Waals surface area (Å²) in [6.45, 7) is 6.30. The van der Waals surface area contributed by atoms with Crippen LogP contribution in [0.1, 0.15) is 45.6 Å². The van der Waals surface area contributed by atoms with Crippen molar-refractivity contribution in [1.29, 1.82) is 5.26 Å². The zero-order valence-electron chi connectivity index (χ0n) is 28.8. The Hall–Kier alpha value is -4.72. The summed E-state index contributed by atoms with van der Waals surface area (Å²) in [4.78, 5) is 50.7. The Morgan fingerprint density at radius 1 is 1.19 bits per heavy atom. The van der Waals surface area contributed by atoms with Crippen LogP contribution >= 0.6 is 22.9 Å². The maximum absolute atomic E-state index is 17.2. The van der Waals surface area contributed by atoms with E-state index in [0.717, 1.165) is 30.4 Å². The maximum Gasteiger partial charge on any atom is 0.412 e. The van der Waals surface area contributed by atoms with Gasteiger partial charge in [-0.25, -0.2) is 18.0 Å². The van der Waals surface area contributed by atoms with Gasteiger partial charge >= 0.3 is 12.1 Å². The number of imide groups is 1. The molecule has 4 atom stereocenters. The molecule has 4 aromatic rings. The quantitative estimate of drug-likeness (QED) is 0.213. The Kier molecular flexibility index (Phi) is 8.47. The number of alkyl halides is 1. The van der Waals surface area contributed by atoms with Crippen molar-refractivity contribution < 1.29 is 37.0 Å². The highest BCUT2D eigenvalue weighted by atomic mass is 35.5. The standard InChI is InChI=1S/C36H33ClF3N7O5S/c1-35(2,3)52-34(50)45-32-19(11-41)24-17(5-6-23(39)28(24)53-32)25-22(37)9-18-27(26(25)40)42-33(51-15-36-7-4-8-47(36)12-16(38)10-36)43-29(18)46-13-20-21(14-46)31(49)44-30(20)48/h5-6,9,16,20-21H,4,7-8,10,12-15H2,1-3H3,(H,45,50)(H,44,48,49)/t16-,20-,21+,36+/m1/s1. The van der Waals surface area contributed by atoms with Gasteiger partial charge in [0.1, 0.15) is 46.6 Å². The number of amides is 3. The molecule has 2 aromatic heterocycles. The van der Waals surface area contributed by atoms with Gasteiger partial charge in [0.2, 0.25) is 11.8 Å². The van der Waals surface area contributed by atoms with Gasteiger partial charge in [-0.2, -0.15) is 15.2 Å². The molecule has 0 spiro atoms. The first-order chi connectivity index (χ1) is 25.2. The van der Waals surface area contributed by atoms with Crippen molar-refractivity contribution >= 4 is 72.7 Å². The van der Waals surface area contributed by atoms with Crippen molar-refractivity contribution in [3.63, 3.8) is 0 Å². The highest BCUT2D eigenvalue weighted by Crippen LogP contribution is 2.47. The van der Waals surface area contributed by atoms with Crippen LogP contribution < -0.4 is 20.3 Å².